The first-order chi connectivity index (χ1) is 17.8. The van der Waals surface area contributed by atoms with Crippen LogP contribution in [0.15, 0.2) is 36.4 Å². The molecule has 10 nitrogen and oxygen atoms in total. The summed E-state index contributed by atoms with van der Waals surface area (Å²) in [7, 11) is 1.30. The predicted octanol–water partition coefficient (Wildman–Crippen LogP) is 4.10. The Kier molecular flexibility index (Phi) is 5.71. The highest BCUT2D eigenvalue weighted by Gasteiger charge is 2.48. The van der Waals surface area contributed by atoms with Crippen molar-refractivity contribution in [3.8, 4) is 16.9 Å². The smallest absolute Gasteiger partial charge is 0.413 e. The van der Waals surface area contributed by atoms with Gasteiger partial charge in [-0.3, -0.25) is 5.32 Å². The highest BCUT2D eigenvalue weighted by molar-refractivity contribution is 5.88. The number of amides is 3. The monoisotopic (exact) mass is 505 g/mol. The van der Waals surface area contributed by atoms with Crippen molar-refractivity contribution < 1.29 is 24.2 Å². The summed E-state index contributed by atoms with van der Waals surface area (Å²) in [6.07, 6.45) is 2.57. The number of anilines is 1. The molecule has 37 heavy (non-hydrogen) atoms. The lowest BCUT2D eigenvalue weighted by atomic mass is 9.88. The van der Waals surface area contributed by atoms with Crippen LogP contribution >= 0.6 is 0 Å². The number of fused-ring (bicyclic) bond motifs is 4. The van der Waals surface area contributed by atoms with Crippen molar-refractivity contribution in [2.24, 2.45) is 0 Å². The molecule has 2 fully saturated rings. The van der Waals surface area contributed by atoms with Crippen LogP contribution in [0.1, 0.15) is 38.2 Å². The Balaban J connectivity index is 1.24. The van der Waals surface area contributed by atoms with Crippen LogP contribution in [0.5, 0.6) is 5.75 Å². The molecule has 3 aliphatic heterocycles. The van der Waals surface area contributed by atoms with Gasteiger partial charge in [0.2, 0.25) is 5.95 Å². The Morgan fingerprint density at radius 1 is 1.16 bits per heavy atom. The molecule has 2 atom stereocenters. The highest BCUT2D eigenvalue weighted by Crippen LogP contribution is 2.41. The van der Waals surface area contributed by atoms with E-state index >= 15 is 0 Å². The molecule has 1 aromatic heterocycles. The fourth-order valence-electron chi connectivity index (χ4n) is 6.07. The number of nitrogens with one attached hydrogen (secondary N) is 2. The lowest BCUT2D eigenvalue weighted by Gasteiger charge is -2.43. The average Bonchev–Trinajstić information content (AvgIpc) is 3.31. The first-order valence-corrected chi connectivity index (χ1v) is 12.7. The number of rotatable bonds is 2. The summed E-state index contributed by atoms with van der Waals surface area (Å²) in [5.41, 5.74) is 3.73. The molecule has 0 saturated carbocycles. The number of imidazole rings is 1. The normalized spacial score (nSPS) is 24.8. The van der Waals surface area contributed by atoms with E-state index in [4.69, 9.17) is 4.74 Å². The summed E-state index contributed by atoms with van der Waals surface area (Å²) < 4.78 is 10.6. The number of methoxy groups -OCH3 is 1. The lowest BCUT2D eigenvalue weighted by Crippen LogP contribution is -2.56. The van der Waals surface area contributed by atoms with Gasteiger partial charge in [0.05, 0.1) is 36.8 Å². The van der Waals surface area contributed by atoms with Gasteiger partial charge in [-0.2, -0.15) is 0 Å². The van der Waals surface area contributed by atoms with E-state index in [1.807, 2.05) is 47.1 Å². The molecule has 4 heterocycles. The molecule has 3 amide bonds. The van der Waals surface area contributed by atoms with Crippen LogP contribution in [-0.2, 0) is 11.3 Å². The van der Waals surface area contributed by atoms with E-state index in [0.717, 1.165) is 46.3 Å². The van der Waals surface area contributed by atoms with Gasteiger partial charge in [0.15, 0.2) is 0 Å². The second-order valence-corrected chi connectivity index (χ2v) is 10.5. The molecular weight excluding hydrogens is 474 g/mol. The number of hydrogen-bond donors (Lipinski definition) is 3. The Hall–Kier alpha value is -3.79. The first kappa shape index (κ1) is 23.6. The zero-order chi connectivity index (χ0) is 25.7. The van der Waals surface area contributed by atoms with E-state index in [9.17, 15) is 14.7 Å². The van der Waals surface area contributed by atoms with E-state index in [0.29, 0.717) is 38.5 Å². The van der Waals surface area contributed by atoms with E-state index in [1.54, 1.807) is 0 Å². The fourth-order valence-corrected chi connectivity index (χ4v) is 6.07. The average molecular weight is 506 g/mol. The summed E-state index contributed by atoms with van der Waals surface area (Å²) in [5.74, 6) is 1.10. The largest absolute Gasteiger partial charge is 0.491 e. The minimum absolute atomic E-state index is 0.0365. The standard InChI is InChI=1S/C27H31N5O5/c1-27(35)13-19-5-6-20(14-27)32(19)26(34)31-9-10-37-23-8-4-16(11-18(23)15-31)17-3-7-21-22(12-17)29-24(28-21)30-25(33)36-2/h3-4,7-8,11-12,19-20,35H,5-6,9-10,13-15H2,1-2H3,(H2,28,29,30,33). The number of piperidine rings is 1. The summed E-state index contributed by atoms with van der Waals surface area (Å²) in [5, 5.41) is 13.1. The zero-order valence-corrected chi connectivity index (χ0v) is 21.0. The third kappa shape index (κ3) is 4.46. The maximum atomic E-state index is 13.7. The SMILES string of the molecule is COC(=O)Nc1nc2ccc(-c3ccc4c(c3)CN(C(=O)N3C5CCC3CC(C)(O)C5)CCO4)cc2[nH]1. The lowest BCUT2D eigenvalue weighted by molar-refractivity contribution is -0.0290. The molecule has 3 aliphatic rings. The van der Waals surface area contributed by atoms with E-state index in [-0.39, 0.29) is 18.1 Å². The van der Waals surface area contributed by atoms with Gasteiger partial charge in [-0.05, 0) is 68.0 Å². The number of aliphatic hydroxyl groups is 1. The van der Waals surface area contributed by atoms with Crippen LogP contribution in [0.2, 0.25) is 0 Å². The minimum Gasteiger partial charge on any atom is -0.491 e. The van der Waals surface area contributed by atoms with Gasteiger partial charge in [0.1, 0.15) is 12.4 Å². The quantitative estimate of drug-likeness (QED) is 0.482. The number of carbonyl (C=O) groups excluding carboxylic acids is 2. The number of urea groups is 1. The van der Waals surface area contributed by atoms with Crippen molar-refractivity contribution in [1.82, 2.24) is 19.8 Å². The van der Waals surface area contributed by atoms with Crippen molar-refractivity contribution in [2.45, 2.75) is 56.8 Å². The van der Waals surface area contributed by atoms with E-state index < -0.39 is 11.7 Å². The maximum Gasteiger partial charge on any atom is 0.413 e. The van der Waals surface area contributed by atoms with Gasteiger partial charge in [0.25, 0.3) is 0 Å². The number of hydrogen-bond acceptors (Lipinski definition) is 6. The fraction of sp³-hybridized carbons (Fsp3) is 0.444. The molecule has 2 aromatic carbocycles. The van der Waals surface area contributed by atoms with E-state index in [1.165, 1.54) is 7.11 Å². The Morgan fingerprint density at radius 3 is 2.65 bits per heavy atom. The van der Waals surface area contributed by atoms with Gasteiger partial charge in [-0.1, -0.05) is 12.1 Å². The van der Waals surface area contributed by atoms with E-state index in [2.05, 4.69) is 26.1 Å². The summed E-state index contributed by atoms with van der Waals surface area (Å²) >= 11 is 0. The van der Waals surface area contributed by atoms with Gasteiger partial charge in [0, 0.05) is 17.6 Å². The minimum atomic E-state index is -0.697. The van der Waals surface area contributed by atoms with Gasteiger partial charge in [-0.15, -0.1) is 0 Å². The van der Waals surface area contributed by atoms with Gasteiger partial charge in [-0.25, -0.2) is 14.6 Å². The molecule has 2 bridgehead atoms. The molecule has 3 aromatic rings. The molecule has 2 saturated heterocycles. The van der Waals surface area contributed by atoms with Crippen LogP contribution in [0, 0.1) is 0 Å². The molecule has 194 valence electrons. The Labute approximate surface area is 214 Å². The highest BCUT2D eigenvalue weighted by atomic mass is 16.5. The number of H-pyrrole nitrogens is 1. The van der Waals surface area contributed by atoms with Crippen molar-refractivity contribution >= 4 is 29.1 Å². The molecule has 2 unspecified atom stereocenters. The van der Waals surface area contributed by atoms with Crippen LogP contribution < -0.4 is 10.1 Å². The number of aromatic nitrogens is 2. The predicted molar refractivity (Wildman–Crippen MR) is 137 cm³/mol. The summed E-state index contributed by atoms with van der Waals surface area (Å²) in [4.78, 5) is 36.5. The van der Waals surface area contributed by atoms with Crippen LogP contribution in [0.25, 0.3) is 22.2 Å². The molecule has 3 N–H and O–H groups in total. The third-order valence-corrected chi connectivity index (χ3v) is 7.72. The molecule has 6 rings (SSSR count). The van der Waals surface area contributed by atoms with Gasteiger partial charge < -0.3 is 29.4 Å². The maximum absolute atomic E-state index is 13.7. The molecule has 0 spiro atoms. The summed E-state index contributed by atoms with van der Waals surface area (Å²) in [6, 6.07) is 12.1. The van der Waals surface area contributed by atoms with Crippen LogP contribution in [0.3, 0.4) is 0 Å². The second kappa shape index (κ2) is 8.95. The van der Waals surface area contributed by atoms with Gasteiger partial charge >= 0.3 is 12.1 Å². The van der Waals surface area contributed by atoms with Crippen LogP contribution in [-0.4, -0.2) is 74.9 Å². The number of carbonyl (C=O) groups is 2. The van der Waals surface area contributed by atoms with Crippen molar-refractivity contribution in [3.05, 3.63) is 42.0 Å². The molecular formula is C27H31N5O5. The summed E-state index contributed by atoms with van der Waals surface area (Å²) in [6.45, 7) is 3.31. The molecule has 10 heteroatoms. The topological polar surface area (TPSA) is 120 Å². The van der Waals surface area contributed by atoms with Crippen LogP contribution in [0.4, 0.5) is 15.5 Å². The van der Waals surface area contributed by atoms with Crippen molar-refractivity contribution in [2.75, 3.05) is 25.6 Å². The Morgan fingerprint density at radius 2 is 1.89 bits per heavy atom. The van der Waals surface area contributed by atoms with Crippen molar-refractivity contribution in [1.29, 1.82) is 0 Å². The third-order valence-electron chi connectivity index (χ3n) is 7.72. The number of ether oxygens (including phenoxy) is 2. The number of nitrogens with zero attached hydrogens (tertiary/aromatic N) is 3. The van der Waals surface area contributed by atoms with Crippen molar-refractivity contribution in [3.63, 3.8) is 0 Å². The Bertz CT molecular complexity index is 1350. The number of aromatic amines is 1. The zero-order valence-electron chi connectivity index (χ0n) is 21.0. The molecule has 0 radical (unpaired) electrons. The molecule has 0 aliphatic carbocycles. The number of benzene rings is 2. The second-order valence-electron chi connectivity index (χ2n) is 10.5. The first-order valence-electron chi connectivity index (χ1n) is 12.7.